The van der Waals surface area contributed by atoms with Crippen LogP contribution >= 0.6 is 25.3 Å². The molecule has 1 heterocycles. The Hall–Kier alpha value is -1.78. The van der Waals surface area contributed by atoms with Crippen LogP contribution in [0.25, 0.3) is 20.8 Å². The Balaban J connectivity index is 2.10. The van der Waals surface area contributed by atoms with Crippen LogP contribution in [0, 0.1) is 0 Å². The van der Waals surface area contributed by atoms with Crippen LogP contribution < -0.4 is 0 Å². The third kappa shape index (κ3) is 2.57. The van der Waals surface area contributed by atoms with Gasteiger partial charge in [-0.05, 0) is 17.7 Å². The molecule has 20 heavy (non-hydrogen) atoms. The summed E-state index contributed by atoms with van der Waals surface area (Å²) in [5.41, 5.74) is 3.46. The third-order valence-electron chi connectivity index (χ3n) is 2.96. The molecule has 0 atom stereocenters. The second-order valence-corrected chi connectivity index (χ2v) is 5.20. The number of thiol groups is 2. The van der Waals surface area contributed by atoms with Gasteiger partial charge in [-0.3, -0.25) is 4.98 Å². The number of aromatic nitrogens is 2. The number of benzene rings is 2. The van der Waals surface area contributed by atoms with E-state index in [-0.39, 0.29) is 0 Å². The maximum atomic E-state index is 4.58. The van der Waals surface area contributed by atoms with Crippen molar-refractivity contribution in [2.75, 3.05) is 0 Å². The number of hydrogen-bond acceptors (Lipinski definition) is 4. The monoisotopic (exact) mass is 296 g/mol. The Labute approximate surface area is 128 Å². The van der Waals surface area contributed by atoms with Gasteiger partial charge in [0.2, 0.25) is 0 Å². The normalized spacial score (nSPS) is 12.3. The minimum absolute atomic E-state index is 0.720. The number of rotatable bonds is 2. The highest BCUT2D eigenvalue weighted by molar-refractivity contribution is 7.96. The van der Waals surface area contributed by atoms with Gasteiger partial charge in [-0.25, -0.2) is 4.98 Å². The average Bonchev–Trinajstić information content (AvgIpc) is 2.54. The summed E-state index contributed by atoms with van der Waals surface area (Å²) in [7, 11) is 0. The first-order valence-electron chi connectivity index (χ1n) is 6.15. The predicted octanol–water partition coefficient (Wildman–Crippen LogP) is 4.32. The van der Waals surface area contributed by atoms with Crippen molar-refractivity contribution in [3.8, 4) is 0 Å². The molecule has 0 unspecified atom stereocenters. The quantitative estimate of drug-likeness (QED) is 0.689. The summed E-state index contributed by atoms with van der Waals surface area (Å²) in [6.45, 7) is 0. The molecule has 0 radical (unpaired) electrons. The second-order valence-electron chi connectivity index (χ2n) is 4.31. The molecule has 0 aliphatic rings. The molecule has 0 saturated heterocycles. The maximum Gasteiger partial charge on any atom is 0.0965 e. The lowest BCUT2D eigenvalue weighted by Crippen LogP contribution is -1.91. The van der Waals surface area contributed by atoms with E-state index in [2.05, 4.69) is 35.2 Å². The molecule has 98 valence electrons. The van der Waals surface area contributed by atoms with E-state index in [0.29, 0.717) is 0 Å². The Bertz CT molecular complexity index is 783. The predicted molar refractivity (Wildman–Crippen MR) is 90.8 cm³/mol. The molecule has 2 aromatic carbocycles. The van der Waals surface area contributed by atoms with Crippen LogP contribution in [0.1, 0.15) is 11.3 Å². The molecular formula is C16H12N2S2. The van der Waals surface area contributed by atoms with Gasteiger partial charge >= 0.3 is 0 Å². The molecule has 0 aliphatic carbocycles. The lowest BCUT2D eigenvalue weighted by atomic mass is 10.2. The fourth-order valence-electron chi connectivity index (χ4n) is 1.93. The Morgan fingerprint density at radius 3 is 2.15 bits per heavy atom. The van der Waals surface area contributed by atoms with Crippen molar-refractivity contribution in [3.63, 3.8) is 0 Å². The highest BCUT2D eigenvalue weighted by atomic mass is 32.1. The first-order chi connectivity index (χ1) is 9.75. The van der Waals surface area contributed by atoms with Crippen LogP contribution in [0.5, 0.6) is 0 Å². The zero-order valence-electron chi connectivity index (χ0n) is 10.6. The van der Waals surface area contributed by atoms with E-state index in [9.17, 15) is 0 Å². The van der Waals surface area contributed by atoms with Crippen molar-refractivity contribution in [1.29, 1.82) is 0 Å². The topological polar surface area (TPSA) is 25.8 Å². The highest BCUT2D eigenvalue weighted by Gasteiger charge is 2.07. The van der Waals surface area contributed by atoms with Gasteiger partial charge < -0.3 is 0 Å². The van der Waals surface area contributed by atoms with E-state index >= 15 is 0 Å². The molecule has 3 aromatic rings. The van der Waals surface area contributed by atoms with Crippen molar-refractivity contribution in [2.24, 2.45) is 0 Å². The number of nitrogens with zero attached hydrogens (tertiary/aromatic N) is 2. The molecule has 0 spiro atoms. The largest absolute Gasteiger partial charge is 0.252 e. The van der Waals surface area contributed by atoms with Crippen LogP contribution in [0.2, 0.25) is 0 Å². The van der Waals surface area contributed by atoms with Gasteiger partial charge in [0.25, 0.3) is 0 Å². The molecular weight excluding hydrogens is 284 g/mol. The van der Waals surface area contributed by atoms with Gasteiger partial charge in [0, 0.05) is 9.81 Å². The Morgan fingerprint density at radius 2 is 1.40 bits per heavy atom. The molecule has 0 bridgehead atoms. The molecule has 2 nitrogen and oxygen atoms in total. The third-order valence-corrected chi connectivity index (χ3v) is 4.07. The minimum atomic E-state index is 0.720. The second kappa shape index (κ2) is 5.69. The lowest BCUT2D eigenvalue weighted by Gasteiger charge is -2.06. The first kappa shape index (κ1) is 13.2. The summed E-state index contributed by atoms with van der Waals surface area (Å²) >= 11 is 9.11. The number of fused-ring (bicyclic) bond motifs is 1. The van der Waals surface area contributed by atoms with E-state index in [0.717, 1.165) is 32.1 Å². The van der Waals surface area contributed by atoms with E-state index in [1.54, 1.807) is 6.20 Å². The maximum absolute atomic E-state index is 4.58. The van der Waals surface area contributed by atoms with Gasteiger partial charge in [0.05, 0.1) is 22.9 Å². The van der Waals surface area contributed by atoms with E-state index in [1.807, 2.05) is 54.6 Å². The molecule has 4 heteroatoms. The van der Waals surface area contributed by atoms with Crippen LogP contribution in [-0.2, 0) is 0 Å². The zero-order valence-corrected chi connectivity index (χ0v) is 12.4. The van der Waals surface area contributed by atoms with Crippen molar-refractivity contribution in [1.82, 2.24) is 9.97 Å². The fraction of sp³-hybridized carbons (Fsp3) is 0. The summed E-state index contributed by atoms with van der Waals surface area (Å²) in [6.07, 6.45) is 1.73. The zero-order chi connectivity index (χ0) is 13.9. The van der Waals surface area contributed by atoms with Gasteiger partial charge in [-0.1, -0.05) is 42.5 Å². The van der Waals surface area contributed by atoms with E-state index in [4.69, 9.17) is 0 Å². The van der Waals surface area contributed by atoms with Crippen LogP contribution in [0.4, 0.5) is 0 Å². The summed E-state index contributed by atoms with van der Waals surface area (Å²) in [4.78, 5) is 10.5. The first-order valence-corrected chi connectivity index (χ1v) is 7.05. The lowest BCUT2D eigenvalue weighted by molar-refractivity contribution is 1.26. The summed E-state index contributed by atoms with van der Waals surface area (Å²) < 4.78 is 0. The van der Waals surface area contributed by atoms with Gasteiger partial charge in [-0.2, -0.15) is 0 Å². The summed E-state index contributed by atoms with van der Waals surface area (Å²) in [6, 6.07) is 17.7. The Kier molecular flexibility index (Phi) is 3.76. The van der Waals surface area contributed by atoms with Gasteiger partial charge in [0.1, 0.15) is 0 Å². The van der Waals surface area contributed by atoms with Crippen molar-refractivity contribution >= 4 is 46.1 Å². The molecule has 0 saturated carbocycles. The Morgan fingerprint density at radius 1 is 0.750 bits per heavy atom. The minimum Gasteiger partial charge on any atom is -0.252 e. The van der Waals surface area contributed by atoms with Crippen molar-refractivity contribution in [2.45, 2.75) is 0 Å². The SMILES string of the molecule is S/C(=C(\S)c1cnc2ccccc2n1)c1ccccc1. The standard InChI is InChI=1S/C16H12N2S2/c19-15(11-6-2-1-3-7-11)16(20)14-10-17-12-8-4-5-9-13(12)18-14/h1-10,19-20H/b16-15-. The molecule has 0 aliphatic heterocycles. The summed E-state index contributed by atoms with van der Waals surface area (Å²) in [5, 5.41) is 0. The molecule has 0 fully saturated rings. The number of hydrogen-bond donors (Lipinski definition) is 2. The number of para-hydroxylation sites is 2. The van der Waals surface area contributed by atoms with E-state index < -0.39 is 0 Å². The van der Waals surface area contributed by atoms with Crippen molar-refractivity contribution < 1.29 is 0 Å². The van der Waals surface area contributed by atoms with Crippen molar-refractivity contribution in [3.05, 3.63) is 72.1 Å². The highest BCUT2D eigenvalue weighted by Crippen LogP contribution is 2.31. The summed E-state index contributed by atoms with van der Waals surface area (Å²) in [5.74, 6) is 0. The van der Waals surface area contributed by atoms with E-state index in [1.165, 1.54) is 0 Å². The molecule has 0 amide bonds. The van der Waals surface area contributed by atoms with Gasteiger partial charge in [-0.15, -0.1) is 25.3 Å². The van der Waals surface area contributed by atoms with Crippen LogP contribution in [0.3, 0.4) is 0 Å². The van der Waals surface area contributed by atoms with Gasteiger partial charge in [0.15, 0.2) is 0 Å². The molecule has 3 rings (SSSR count). The molecule has 1 aromatic heterocycles. The smallest absolute Gasteiger partial charge is 0.0965 e. The molecule has 0 N–H and O–H groups in total. The van der Waals surface area contributed by atoms with Crippen LogP contribution in [0.15, 0.2) is 60.8 Å². The van der Waals surface area contributed by atoms with Crippen LogP contribution in [-0.4, -0.2) is 9.97 Å². The average molecular weight is 296 g/mol. The fourth-order valence-corrected chi connectivity index (χ4v) is 2.43.